The second-order valence-electron chi connectivity index (χ2n) is 6.24. The Labute approximate surface area is 153 Å². The van der Waals surface area contributed by atoms with E-state index in [1.807, 2.05) is 0 Å². The maximum Gasteiger partial charge on any atom is 0.251 e. The SMILES string of the molecule is COCC1(CNC(=O)c2ccc(F)c(NC(C)=O)c2)CCNCC1.Cl. The van der Waals surface area contributed by atoms with E-state index in [1.54, 1.807) is 7.11 Å². The monoisotopic (exact) mass is 373 g/mol. The topological polar surface area (TPSA) is 79.5 Å². The molecule has 0 aromatic heterocycles. The molecule has 8 heteroatoms. The number of amides is 2. The molecule has 0 bridgehead atoms. The number of anilines is 1. The predicted octanol–water partition coefficient (Wildman–Crippen LogP) is 1.95. The van der Waals surface area contributed by atoms with Crippen LogP contribution in [0.25, 0.3) is 0 Å². The fourth-order valence-electron chi connectivity index (χ4n) is 2.96. The van der Waals surface area contributed by atoms with E-state index in [-0.39, 0.29) is 35.3 Å². The molecule has 25 heavy (non-hydrogen) atoms. The van der Waals surface area contributed by atoms with Gasteiger partial charge >= 0.3 is 0 Å². The molecule has 1 aromatic carbocycles. The molecular weight excluding hydrogens is 349 g/mol. The van der Waals surface area contributed by atoms with Gasteiger partial charge in [-0.25, -0.2) is 4.39 Å². The van der Waals surface area contributed by atoms with Gasteiger partial charge in [0.25, 0.3) is 5.91 Å². The van der Waals surface area contributed by atoms with Crippen LogP contribution in [0, 0.1) is 11.2 Å². The van der Waals surface area contributed by atoms with Crippen LogP contribution in [0.5, 0.6) is 0 Å². The van der Waals surface area contributed by atoms with Crippen molar-refractivity contribution in [1.82, 2.24) is 10.6 Å². The van der Waals surface area contributed by atoms with Crippen molar-refractivity contribution in [2.45, 2.75) is 19.8 Å². The van der Waals surface area contributed by atoms with Crippen LogP contribution in [0.1, 0.15) is 30.1 Å². The molecule has 1 aliphatic rings. The van der Waals surface area contributed by atoms with E-state index in [0.717, 1.165) is 25.9 Å². The van der Waals surface area contributed by atoms with Gasteiger partial charge in [0.15, 0.2) is 0 Å². The molecule has 2 rings (SSSR count). The maximum atomic E-state index is 13.7. The van der Waals surface area contributed by atoms with Gasteiger partial charge in [-0.3, -0.25) is 9.59 Å². The zero-order valence-corrected chi connectivity index (χ0v) is 15.3. The van der Waals surface area contributed by atoms with Crippen molar-refractivity contribution in [1.29, 1.82) is 0 Å². The van der Waals surface area contributed by atoms with Gasteiger partial charge in [-0.1, -0.05) is 0 Å². The smallest absolute Gasteiger partial charge is 0.251 e. The molecule has 140 valence electrons. The normalized spacial score (nSPS) is 15.8. The van der Waals surface area contributed by atoms with Crippen molar-refractivity contribution < 1.29 is 18.7 Å². The minimum absolute atomic E-state index is 0. The fourth-order valence-corrected chi connectivity index (χ4v) is 2.96. The predicted molar refractivity (Wildman–Crippen MR) is 96.7 cm³/mol. The Morgan fingerprint density at radius 1 is 1.32 bits per heavy atom. The highest BCUT2D eigenvalue weighted by Crippen LogP contribution is 2.28. The van der Waals surface area contributed by atoms with E-state index in [4.69, 9.17) is 4.74 Å². The van der Waals surface area contributed by atoms with Gasteiger partial charge < -0.3 is 20.7 Å². The lowest BCUT2D eigenvalue weighted by Gasteiger charge is -2.37. The van der Waals surface area contributed by atoms with Gasteiger partial charge in [0.05, 0.1) is 12.3 Å². The van der Waals surface area contributed by atoms with Crippen molar-refractivity contribution >= 4 is 29.9 Å². The molecule has 2 amide bonds. The first-order valence-corrected chi connectivity index (χ1v) is 8.01. The molecule has 1 aliphatic heterocycles. The molecule has 1 saturated heterocycles. The Hall–Kier alpha value is -1.70. The third-order valence-corrected chi connectivity index (χ3v) is 4.28. The molecule has 0 unspecified atom stereocenters. The summed E-state index contributed by atoms with van der Waals surface area (Å²) in [5.74, 6) is -1.26. The van der Waals surface area contributed by atoms with Crippen molar-refractivity contribution in [2.24, 2.45) is 5.41 Å². The molecule has 3 N–H and O–H groups in total. The summed E-state index contributed by atoms with van der Waals surface area (Å²) in [6.45, 7) is 4.15. The Morgan fingerprint density at radius 2 is 2.00 bits per heavy atom. The lowest BCUT2D eigenvalue weighted by atomic mass is 9.79. The minimum Gasteiger partial charge on any atom is -0.384 e. The van der Waals surface area contributed by atoms with Gasteiger partial charge in [-0.2, -0.15) is 0 Å². The third-order valence-electron chi connectivity index (χ3n) is 4.28. The number of carbonyl (C=O) groups is 2. The van der Waals surface area contributed by atoms with Gasteiger partial charge in [0, 0.05) is 31.6 Å². The number of carbonyl (C=O) groups excluding carboxylic acids is 2. The molecule has 0 aliphatic carbocycles. The Bertz CT molecular complexity index is 601. The standard InChI is InChI=1S/C17H24FN3O3.ClH/c1-12(22)21-15-9-13(3-4-14(15)18)16(23)20-10-17(11-24-2)5-7-19-8-6-17;/h3-4,9,19H,5-8,10-11H2,1-2H3,(H,20,23)(H,21,22);1H. The second-order valence-corrected chi connectivity index (χ2v) is 6.24. The summed E-state index contributed by atoms with van der Waals surface area (Å²) in [6, 6.07) is 3.93. The summed E-state index contributed by atoms with van der Waals surface area (Å²) >= 11 is 0. The number of hydrogen-bond acceptors (Lipinski definition) is 4. The van der Waals surface area contributed by atoms with E-state index in [1.165, 1.54) is 25.1 Å². The van der Waals surface area contributed by atoms with Crippen LogP contribution < -0.4 is 16.0 Å². The van der Waals surface area contributed by atoms with Crippen LogP contribution in [-0.4, -0.2) is 45.2 Å². The third kappa shape index (κ3) is 5.95. The van der Waals surface area contributed by atoms with Gasteiger partial charge in [0.1, 0.15) is 5.82 Å². The number of benzene rings is 1. The number of piperidine rings is 1. The number of rotatable bonds is 6. The highest BCUT2D eigenvalue weighted by molar-refractivity contribution is 5.96. The van der Waals surface area contributed by atoms with E-state index in [9.17, 15) is 14.0 Å². The van der Waals surface area contributed by atoms with Crippen LogP contribution in [0.15, 0.2) is 18.2 Å². The summed E-state index contributed by atoms with van der Waals surface area (Å²) in [5.41, 5.74) is 0.223. The first kappa shape index (κ1) is 21.3. The highest BCUT2D eigenvalue weighted by Gasteiger charge is 2.32. The van der Waals surface area contributed by atoms with E-state index >= 15 is 0 Å². The summed E-state index contributed by atoms with van der Waals surface area (Å²) in [6.07, 6.45) is 1.84. The number of hydrogen-bond donors (Lipinski definition) is 3. The van der Waals surface area contributed by atoms with E-state index < -0.39 is 5.82 Å². The summed E-state index contributed by atoms with van der Waals surface area (Å²) < 4.78 is 19.0. The lowest BCUT2D eigenvalue weighted by molar-refractivity contribution is -0.114. The van der Waals surface area contributed by atoms with Crippen molar-refractivity contribution in [3.8, 4) is 0 Å². The van der Waals surface area contributed by atoms with Crippen LogP contribution in [0.3, 0.4) is 0 Å². The average Bonchev–Trinajstić information content (AvgIpc) is 2.55. The van der Waals surface area contributed by atoms with E-state index in [2.05, 4.69) is 16.0 Å². The van der Waals surface area contributed by atoms with Crippen molar-refractivity contribution in [3.63, 3.8) is 0 Å². The van der Waals surface area contributed by atoms with Crippen LogP contribution in [-0.2, 0) is 9.53 Å². The molecular formula is C17H25ClFN3O3. The first-order chi connectivity index (χ1) is 11.5. The molecule has 0 saturated carbocycles. The van der Waals surface area contributed by atoms with Gasteiger partial charge in [-0.05, 0) is 44.1 Å². The van der Waals surface area contributed by atoms with Gasteiger partial charge in [0.2, 0.25) is 5.91 Å². The molecule has 1 heterocycles. The molecule has 0 atom stereocenters. The number of halogens is 2. The fraction of sp³-hybridized carbons (Fsp3) is 0.529. The average molecular weight is 374 g/mol. The molecule has 0 radical (unpaired) electrons. The molecule has 1 aromatic rings. The molecule has 0 spiro atoms. The van der Waals surface area contributed by atoms with Crippen molar-refractivity contribution in [3.05, 3.63) is 29.6 Å². The summed E-state index contributed by atoms with van der Waals surface area (Å²) in [7, 11) is 1.66. The lowest BCUT2D eigenvalue weighted by Crippen LogP contribution is -2.47. The van der Waals surface area contributed by atoms with Gasteiger partial charge in [-0.15, -0.1) is 12.4 Å². The zero-order valence-electron chi connectivity index (χ0n) is 14.5. The Balaban J connectivity index is 0.00000312. The van der Waals surface area contributed by atoms with Crippen LogP contribution in [0.2, 0.25) is 0 Å². The zero-order chi connectivity index (χ0) is 17.6. The quantitative estimate of drug-likeness (QED) is 0.712. The number of ether oxygens (including phenoxy) is 1. The minimum atomic E-state index is -0.573. The summed E-state index contributed by atoms with van der Waals surface area (Å²) in [4.78, 5) is 23.5. The second kappa shape index (κ2) is 9.70. The maximum absolute atomic E-state index is 13.7. The highest BCUT2D eigenvalue weighted by atomic mass is 35.5. The van der Waals surface area contributed by atoms with Crippen LogP contribution >= 0.6 is 12.4 Å². The summed E-state index contributed by atoms with van der Waals surface area (Å²) in [5, 5.41) is 8.59. The Morgan fingerprint density at radius 3 is 2.60 bits per heavy atom. The largest absolute Gasteiger partial charge is 0.384 e. The Kier molecular flexibility index (Phi) is 8.28. The molecule has 1 fully saturated rings. The van der Waals surface area contributed by atoms with Crippen LogP contribution in [0.4, 0.5) is 10.1 Å². The van der Waals surface area contributed by atoms with E-state index in [0.29, 0.717) is 18.7 Å². The van der Waals surface area contributed by atoms with Crippen molar-refractivity contribution in [2.75, 3.05) is 38.7 Å². The number of methoxy groups -OCH3 is 1. The molecule has 6 nitrogen and oxygen atoms in total. The first-order valence-electron chi connectivity index (χ1n) is 8.01. The number of nitrogens with one attached hydrogen (secondary N) is 3.